The fourth-order valence-electron chi connectivity index (χ4n) is 3.25. The highest BCUT2D eigenvalue weighted by Crippen LogP contribution is 2.42. The van der Waals surface area contributed by atoms with Gasteiger partial charge in [0.2, 0.25) is 0 Å². The maximum Gasteiger partial charge on any atom is 0.347 e. The van der Waals surface area contributed by atoms with E-state index in [0.29, 0.717) is 17.9 Å². The van der Waals surface area contributed by atoms with Gasteiger partial charge >= 0.3 is 7.60 Å². The second kappa shape index (κ2) is 13.6. The number of rotatable bonds is 13. The molecular weight excluding hydrogens is 593 g/mol. The molecule has 0 saturated heterocycles. The Morgan fingerprint density at radius 2 is 1.71 bits per heavy atom. The molecule has 2 unspecified atom stereocenters. The monoisotopic (exact) mass is 625 g/mol. The lowest BCUT2D eigenvalue weighted by Gasteiger charge is -2.16. The predicted molar refractivity (Wildman–Crippen MR) is 155 cm³/mol. The molecule has 222 valence electrons. The molecule has 3 rings (SSSR count). The molecule has 0 spiro atoms. The summed E-state index contributed by atoms with van der Waals surface area (Å²) in [6.45, 7) is 7.10. The Morgan fingerprint density at radius 1 is 1.05 bits per heavy atom. The van der Waals surface area contributed by atoms with Crippen molar-refractivity contribution in [3.8, 4) is 17.2 Å². The maximum atomic E-state index is 13.1. The molecule has 1 heterocycles. The molecule has 15 heteroatoms. The van der Waals surface area contributed by atoms with Crippen LogP contribution in [0.1, 0.15) is 55.0 Å². The number of anilines is 1. The highest BCUT2D eigenvalue weighted by molar-refractivity contribution is 7.90. The molecule has 2 aromatic carbocycles. The molecule has 0 saturated carbocycles. The van der Waals surface area contributed by atoms with Crippen molar-refractivity contribution >= 4 is 45.7 Å². The fraction of sp³-hybridized carbons (Fsp3) is 0.346. The number of nitrogens with zero attached hydrogens (tertiary/aromatic N) is 1. The molecule has 2 atom stereocenters. The SMILES string of the molecule is CCC(C)OP(=O)(O)CNC(=O)c1csc(NC(=O)c2cc(Oc3ccc(S(C)(=O)=O)cc3)cc(OC(C)C)c2)n1. The third-order valence-corrected chi connectivity index (χ3v) is 8.45. The molecule has 0 fully saturated rings. The first-order valence-corrected chi connectivity index (χ1v) is 17.0. The number of hydrogen-bond donors (Lipinski definition) is 3. The summed E-state index contributed by atoms with van der Waals surface area (Å²) in [6.07, 6.45) is 0.416. The quantitative estimate of drug-likeness (QED) is 0.218. The zero-order chi connectivity index (χ0) is 30.4. The summed E-state index contributed by atoms with van der Waals surface area (Å²) in [4.78, 5) is 39.6. The van der Waals surface area contributed by atoms with Gasteiger partial charge in [0.15, 0.2) is 15.0 Å². The first kappa shape index (κ1) is 32.2. The van der Waals surface area contributed by atoms with Gasteiger partial charge in [0.05, 0.1) is 17.1 Å². The van der Waals surface area contributed by atoms with E-state index in [1.165, 1.54) is 41.8 Å². The molecule has 3 N–H and O–H groups in total. The van der Waals surface area contributed by atoms with Crippen molar-refractivity contribution in [1.82, 2.24) is 10.3 Å². The van der Waals surface area contributed by atoms with E-state index in [1.54, 1.807) is 19.9 Å². The minimum Gasteiger partial charge on any atom is -0.491 e. The zero-order valence-electron chi connectivity index (χ0n) is 23.1. The maximum absolute atomic E-state index is 13.1. The molecule has 2 amide bonds. The van der Waals surface area contributed by atoms with E-state index in [0.717, 1.165) is 17.6 Å². The average molecular weight is 626 g/mol. The van der Waals surface area contributed by atoms with E-state index in [-0.39, 0.29) is 33.1 Å². The van der Waals surface area contributed by atoms with Gasteiger partial charge in [-0.1, -0.05) is 6.92 Å². The van der Waals surface area contributed by atoms with E-state index >= 15 is 0 Å². The van der Waals surface area contributed by atoms with Gasteiger partial charge < -0.3 is 24.2 Å². The van der Waals surface area contributed by atoms with E-state index in [4.69, 9.17) is 14.0 Å². The van der Waals surface area contributed by atoms with Crippen LogP contribution < -0.4 is 20.1 Å². The van der Waals surface area contributed by atoms with Gasteiger partial charge in [-0.15, -0.1) is 11.3 Å². The summed E-state index contributed by atoms with van der Waals surface area (Å²) in [6, 6.07) is 10.4. The van der Waals surface area contributed by atoms with Crippen molar-refractivity contribution in [3.05, 3.63) is 59.1 Å². The van der Waals surface area contributed by atoms with E-state index in [2.05, 4.69) is 15.6 Å². The topological polar surface area (TPSA) is 170 Å². The lowest BCUT2D eigenvalue weighted by molar-refractivity contribution is 0.0947. The van der Waals surface area contributed by atoms with Gasteiger partial charge in [-0.05, 0) is 63.6 Å². The zero-order valence-corrected chi connectivity index (χ0v) is 25.6. The molecule has 0 aliphatic rings. The Bertz CT molecular complexity index is 1540. The highest BCUT2D eigenvalue weighted by Gasteiger charge is 2.24. The lowest BCUT2D eigenvalue weighted by atomic mass is 10.2. The highest BCUT2D eigenvalue weighted by atomic mass is 32.2. The van der Waals surface area contributed by atoms with Gasteiger partial charge in [0.1, 0.15) is 29.2 Å². The molecule has 41 heavy (non-hydrogen) atoms. The van der Waals surface area contributed by atoms with Crippen LogP contribution in [0.4, 0.5) is 5.13 Å². The Morgan fingerprint density at radius 3 is 2.32 bits per heavy atom. The largest absolute Gasteiger partial charge is 0.491 e. The normalized spacial score (nSPS) is 13.7. The van der Waals surface area contributed by atoms with Crippen LogP contribution >= 0.6 is 18.9 Å². The average Bonchev–Trinajstić information content (AvgIpc) is 3.35. The Hall–Kier alpha value is -3.29. The number of aromatic nitrogens is 1. The molecule has 12 nitrogen and oxygen atoms in total. The van der Waals surface area contributed by atoms with E-state index in [9.17, 15) is 27.5 Å². The van der Waals surface area contributed by atoms with Crippen molar-refractivity contribution in [2.24, 2.45) is 0 Å². The minimum atomic E-state index is -4.03. The summed E-state index contributed by atoms with van der Waals surface area (Å²) in [5.74, 6) is -0.272. The predicted octanol–water partition coefficient (Wildman–Crippen LogP) is 5.07. The van der Waals surface area contributed by atoms with Crippen molar-refractivity contribution in [2.75, 3.05) is 17.9 Å². The van der Waals surface area contributed by atoms with Crippen LogP contribution in [0.25, 0.3) is 0 Å². The van der Waals surface area contributed by atoms with Gasteiger partial charge in [0.25, 0.3) is 11.8 Å². The first-order chi connectivity index (χ1) is 19.1. The third-order valence-electron chi connectivity index (χ3n) is 5.32. The smallest absolute Gasteiger partial charge is 0.347 e. The molecule has 1 aromatic heterocycles. The Labute approximate surface area is 242 Å². The van der Waals surface area contributed by atoms with Crippen LogP contribution in [0, 0.1) is 0 Å². The van der Waals surface area contributed by atoms with Crippen molar-refractivity contribution in [2.45, 2.75) is 51.2 Å². The number of carbonyl (C=O) groups excluding carboxylic acids is 2. The summed E-state index contributed by atoms with van der Waals surface area (Å²) >= 11 is 0.995. The first-order valence-electron chi connectivity index (χ1n) is 12.5. The summed E-state index contributed by atoms with van der Waals surface area (Å²) in [7, 11) is -7.39. The second-order valence-electron chi connectivity index (χ2n) is 9.32. The number of thiazole rings is 1. The Kier molecular flexibility index (Phi) is 10.7. The van der Waals surface area contributed by atoms with E-state index < -0.39 is 41.6 Å². The van der Waals surface area contributed by atoms with Crippen LogP contribution in [-0.2, 0) is 18.9 Å². The summed E-state index contributed by atoms with van der Waals surface area (Å²) in [5.41, 5.74) is 0.128. The standard InChI is InChI=1S/C26H32N3O9PS2/c1-6-17(4)38-39(32,33)15-27-25(31)23-14-40-26(28-23)29-24(30)18-11-20(36-16(2)3)13-21(12-18)37-19-7-9-22(10-8-19)41(5,34)35/h7-14,16-17H,6,15H2,1-5H3,(H,27,31)(H,32,33)(H,28,29,30). The number of nitrogens with one attached hydrogen (secondary N) is 2. The number of hydrogen-bond acceptors (Lipinski definition) is 10. The molecule has 0 aliphatic heterocycles. The number of ether oxygens (including phenoxy) is 2. The van der Waals surface area contributed by atoms with Crippen molar-refractivity contribution in [1.29, 1.82) is 0 Å². The van der Waals surface area contributed by atoms with Gasteiger partial charge in [-0.2, -0.15) is 0 Å². The van der Waals surface area contributed by atoms with Crippen LogP contribution in [0.2, 0.25) is 0 Å². The van der Waals surface area contributed by atoms with Gasteiger partial charge in [0, 0.05) is 23.3 Å². The summed E-state index contributed by atoms with van der Waals surface area (Å²) < 4.78 is 52.2. The fourth-order valence-corrected chi connectivity index (χ4v) is 5.70. The minimum absolute atomic E-state index is 0.0488. The van der Waals surface area contributed by atoms with Crippen molar-refractivity contribution in [3.63, 3.8) is 0 Å². The Balaban J connectivity index is 1.72. The van der Waals surface area contributed by atoms with Crippen LogP contribution in [-0.4, -0.2) is 54.9 Å². The number of benzene rings is 2. The van der Waals surface area contributed by atoms with Gasteiger partial charge in [-0.3, -0.25) is 19.5 Å². The molecule has 0 radical (unpaired) electrons. The van der Waals surface area contributed by atoms with Crippen molar-refractivity contribution < 1.29 is 41.5 Å². The molecule has 0 bridgehead atoms. The second-order valence-corrected chi connectivity index (χ2v) is 14.0. The third kappa shape index (κ3) is 9.94. The number of amides is 2. The van der Waals surface area contributed by atoms with E-state index in [1.807, 2.05) is 13.8 Å². The lowest BCUT2D eigenvalue weighted by Crippen LogP contribution is -2.26. The number of carbonyl (C=O) groups is 2. The summed E-state index contributed by atoms with van der Waals surface area (Å²) in [5, 5.41) is 6.46. The molecule has 0 aliphatic carbocycles. The number of sulfone groups is 1. The van der Waals surface area contributed by atoms with Gasteiger partial charge in [-0.25, -0.2) is 13.4 Å². The molecule has 3 aromatic rings. The van der Waals surface area contributed by atoms with Crippen LogP contribution in [0.3, 0.4) is 0 Å². The van der Waals surface area contributed by atoms with Crippen LogP contribution in [0.15, 0.2) is 52.7 Å². The van der Waals surface area contributed by atoms with Crippen LogP contribution in [0.5, 0.6) is 17.2 Å². The molecular formula is C26H32N3O9PS2.